The Bertz CT molecular complexity index is 749. The lowest BCUT2D eigenvalue weighted by Crippen LogP contribution is -2.49. The number of aryl methyl sites for hydroxylation is 1. The number of carbonyl (C=O) groups excluding carboxylic acids is 1. The SMILES string of the molecule is CCc1cccc2c(C=O)c(C34CC5CC(CC(C5)C3)C4)[nH]c12. The highest BCUT2D eigenvalue weighted by atomic mass is 16.1. The maximum atomic E-state index is 12.0. The van der Waals surface area contributed by atoms with Crippen molar-refractivity contribution in [2.45, 2.75) is 57.3 Å². The average molecular weight is 307 g/mol. The van der Waals surface area contributed by atoms with E-state index in [2.05, 4.69) is 30.1 Å². The Morgan fingerprint density at radius 1 is 1.13 bits per heavy atom. The van der Waals surface area contributed by atoms with Crippen LogP contribution in [0.4, 0.5) is 0 Å². The zero-order valence-corrected chi connectivity index (χ0v) is 13.9. The van der Waals surface area contributed by atoms with Crippen LogP contribution in [-0.4, -0.2) is 11.3 Å². The number of H-pyrrole nitrogens is 1. The van der Waals surface area contributed by atoms with E-state index in [-0.39, 0.29) is 5.41 Å². The first-order valence-corrected chi connectivity index (χ1v) is 9.31. The summed E-state index contributed by atoms with van der Waals surface area (Å²) < 4.78 is 0. The molecule has 2 aromatic rings. The summed E-state index contributed by atoms with van der Waals surface area (Å²) in [5, 5.41) is 1.14. The molecule has 0 unspecified atom stereocenters. The van der Waals surface area contributed by atoms with Crippen LogP contribution in [0.15, 0.2) is 18.2 Å². The number of nitrogens with one attached hydrogen (secondary N) is 1. The Morgan fingerprint density at radius 3 is 2.35 bits per heavy atom. The van der Waals surface area contributed by atoms with Crippen molar-refractivity contribution < 1.29 is 4.79 Å². The van der Waals surface area contributed by atoms with Gasteiger partial charge in [0.15, 0.2) is 6.29 Å². The standard InChI is InChI=1S/C21H25NO/c1-2-16-4-3-5-17-18(12-23)20(22-19(16)17)21-9-13-6-14(10-21)8-15(7-13)11-21/h3-5,12-15,22H,2,6-11H2,1H3. The molecule has 4 fully saturated rings. The van der Waals surface area contributed by atoms with Crippen LogP contribution in [0, 0.1) is 17.8 Å². The summed E-state index contributed by atoms with van der Waals surface area (Å²) in [7, 11) is 0. The Kier molecular flexibility index (Phi) is 2.84. The van der Waals surface area contributed by atoms with Crippen LogP contribution < -0.4 is 0 Å². The van der Waals surface area contributed by atoms with Gasteiger partial charge in [-0.05, 0) is 68.3 Å². The van der Waals surface area contributed by atoms with E-state index in [1.807, 2.05) is 0 Å². The third-order valence-electron chi connectivity index (χ3n) is 7.03. The molecular weight excluding hydrogens is 282 g/mol. The van der Waals surface area contributed by atoms with Crippen molar-refractivity contribution >= 4 is 17.2 Å². The van der Waals surface area contributed by atoms with E-state index in [0.717, 1.165) is 41.4 Å². The van der Waals surface area contributed by atoms with Gasteiger partial charge in [-0.3, -0.25) is 4.79 Å². The number of para-hydroxylation sites is 1. The number of hydrogen-bond acceptors (Lipinski definition) is 1. The zero-order chi connectivity index (χ0) is 15.6. The van der Waals surface area contributed by atoms with Crippen molar-refractivity contribution in [1.82, 2.24) is 4.98 Å². The Morgan fingerprint density at radius 2 is 1.78 bits per heavy atom. The second-order valence-electron chi connectivity index (χ2n) is 8.42. The summed E-state index contributed by atoms with van der Waals surface area (Å²) in [5.41, 5.74) is 5.04. The quantitative estimate of drug-likeness (QED) is 0.794. The average Bonchev–Trinajstić information content (AvgIpc) is 2.93. The van der Waals surface area contributed by atoms with Gasteiger partial charge in [-0.1, -0.05) is 25.1 Å². The van der Waals surface area contributed by atoms with Gasteiger partial charge >= 0.3 is 0 Å². The summed E-state index contributed by atoms with van der Waals surface area (Å²) in [6.07, 6.45) is 10.3. The minimum absolute atomic E-state index is 0.259. The molecule has 2 heteroatoms. The molecule has 4 aliphatic rings. The van der Waals surface area contributed by atoms with Crippen LogP contribution in [0.1, 0.15) is 67.1 Å². The Hall–Kier alpha value is -1.57. The molecule has 1 aromatic heterocycles. The summed E-state index contributed by atoms with van der Waals surface area (Å²) in [4.78, 5) is 15.7. The second kappa shape index (κ2) is 4.72. The summed E-state index contributed by atoms with van der Waals surface area (Å²) in [5.74, 6) is 2.70. The van der Waals surface area contributed by atoms with Gasteiger partial charge in [-0.25, -0.2) is 0 Å². The fourth-order valence-electron chi connectivity index (χ4n) is 6.55. The molecule has 2 nitrogen and oxygen atoms in total. The lowest BCUT2D eigenvalue weighted by atomic mass is 9.48. The van der Waals surface area contributed by atoms with Crippen LogP contribution in [0.3, 0.4) is 0 Å². The van der Waals surface area contributed by atoms with Crippen molar-refractivity contribution in [2.24, 2.45) is 17.8 Å². The third kappa shape index (κ3) is 1.84. The molecule has 120 valence electrons. The monoisotopic (exact) mass is 307 g/mol. The number of benzene rings is 1. The first kappa shape index (κ1) is 13.8. The van der Waals surface area contributed by atoms with Crippen molar-refractivity contribution in [3.05, 3.63) is 35.0 Å². The predicted octanol–water partition coefficient (Wildman–Crippen LogP) is 5.01. The first-order chi connectivity index (χ1) is 11.2. The smallest absolute Gasteiger partial charge is 0.152 e. The van der Waals surface area contributed by atoms with Gasteiger partial charge in [0, 0.05) is 27.6 Å². The van der Waals surface area contributed by atoms with Crippen LogP contribution in [0.5, 0.6) is 0 Å². The molecule has 0 atom stereocenters. The molecular formula is C21H25NO. The van der Waals surface area contributed by atoms with Crippen LogP contribution in [0.25, 0.3) is 10.9 Å². The van der Waals surface area contributed by atoms with Gasteiger partial charge in [0.2, 0.25) is 0 Å². The molecule has 1 N–H and O–H groups in total. The molecule has 0 radical (unpaired) electrons. The third-order valence-corrected chi connectivity index (χ3v) is 7.03. The number of aromatic amines is 1. The molecule has 0 amide bonds. The zero-order valence-electron chi connectivity index (χ0n) is 13.9. The Balaban J connectivity index is 1.72. The Labute approximate surface area is 137 Å². The van der Waals surface area contributed by atoms with E-state index in [0.29, 0.717) is 0 Å². The highest BCUT2D eigenvalue weighted by Gasteiger charge is 2.53. The molecule has 4 saturated carbocycles. The maximum absolute atomic E-state index is 12.0. The lowest BCUT2D eigenvalue weighted by molar-refractivity contribution is -0.00710. The molecule has 1 aromatic carbocycles. The molecule has 4 aliphatic carbocycles. The molecule has 0 saturated heterocycles. The number of aromatic nitrogens is 1. The van der Waals surface area contributed by atoms with E-state index < -0.39 is 0 Å². The molecule has 0 aliphatic heterocycles. The van der Waals surface area contributed by atoms with Crippen molar-refractivity contribution in [3.63, 3.8) is 0 Å². The first-order valence-electron chi connectivity index (χ1n) is 9.31. The highest BCUT2D eigenvalue weighted by molar-refractivity contribution is 6.00. The lowest BCUT2D eigenvalue weighted by Gasteiger charge is -2.56. The molecule has 6 rings (SSSR count). The van der Waals surface area contributed by atoms with Gasteiger partial charge in [0.25, 0.3) is 0 Å². The van der Waals surface area contributed by atoms with Crippen LogP contribution in [-0.2, 0) is 11.8 Å². The minimum Gasteiger partial charge on any atom is -0.357 e. The van der Waals surface area contributed by atoms with Gasteiger partial charge in [-0.2, -0.15) is 0 Å². The summed E-state index contributed by atoms with van der Waals surface area (Å²) in [6.45, 7) is 2.20. The second-order valence-corrected chi connectivity index (χ2v) is 8.42. The number of hydrogen-bond donors (Lipinski definition) is 1. The molecule has 1 heterocycles. The van der Waals surface area contributed by atoms with E-state index in [9.17, 15) is 4.79 Å². The topological polar surface area (TPSA) is 32.9 Å². The van der Waals surface area contributed by atoms with E-state index in [4.69, 9.17) is 0 Å². The number of aldehydes is 1. The van der Waals surface area contributed by atoms with E-state index in [1.165, 1.54) is 55.3 Å². The molecule has 4 bridgehead atoms. The van der Waals surface area contributed by atoms with Crippen LogP contribution >= 0.6 is 0 Å². The van der Waals surface area contributed by atoms with Gasteiger partial charge in [0.1, 0.15) is 0 Å². The number of rotatable bonds is 3. The van der Waals surface area contributed by atoms with E-state index in [1.54, 1.807) is 0 Å². The number of carbonyl (C=O) groups is 1. The van der Waals surface area contributed by atoms with Crippen molar-refractivity contribution in [1.29, 1.82) is 0 Å². The van der Waals surface area contributed by atoms with Crippen molar-refractivity contribution in [2.75, 3.05) is 0 Å². The van der Waals surface area contributed by atoms with Gasteiger partial charge in [0.05, 0.1) is 0 Å². The van der Waals surface area contributed by atoms with Gasteiger partial charge < -0.3 is 4.98 Å². The van der Waals surface area contributed by atoms with Crippen molar-refractivity contribution in [3.8, 4) is 0 Å². The van der Waals surface area contributed by atoms with Crippen LogP contribution in [0.2, 0.25) is 0 Å². The minimum atomic E-state index is 0.259. The molecule has 23 heavy (non-hydrogen) atoms. The largest absolute Gasteiger partial charge is 0.357 e. The highest BCUT2D eigenvalue weighted by Crippen LogP contribution is 2.61. The fourth-order valence-corrected chi connectivity index (χ4v) is 6.55. The van der Waals surface area contributed by atoms with Gasteiger partial charge in [-0.15, -0.1) is 0 Å². The normalized spacial score (nSPS) is 35.1. The predicted molar refractivity (Wildman–Crippen MR) is 92.9 cm³/mol. The summed E-state index contributed by atoms with van der Waals surface area (Å²) in [6, 6.07) is 6.42. The van der Waals surface area contributed by atoms with E-state index >= 15 is 0 Å². The summed E-state index contributed by atoms with van der Waals surface area (Å²) >= 11 is 0. The molecule has 0 spiro atoms. The number of fused-ring (bicyclic) bond motifs is 1. The fraction of sp³-hybridized carbons (Fsp3) is 0.571. The maximum Gasteiger partial charge on any atom is 0.152 e.